The molecule has 3 heterocycles. The predicted molar refractivity (Wildman–Crippen MR) is 106 cm³/mol. The number of esters is 1. The van der Waals surface area contributed by atoms with Gasteiger partial charge in [0, 0.05) is 6.42 Å². The molecule has 29 heavy (non-hydrogen) atoms. The van der Waals surface area contributed by atoms with Gasteiger partial charge in [0.05, 0.1) is 23.9 Å². The highest BCUT2D eigenvalue weighted by Gasteiger charge is 2.34. The maximum absolute atomic E-state index is 13.5. The Labute approximate surface area is 171 Å². The molecule has 2 aromatic heterocycles. The van der Waals surface area contributed by atoms with Crippen molar-refractivity contribution in [3.05, 3.63) is 46.3 Å². The van der Waals surface area contributed by atoms with Crippen LogP contribution >= 0.6 is 11.3 Å². The molecule has 0 aliphatic carbocycles. The lowest BCUT2D eigenvalue weighted by Crippen LogP contribution is -2.39. The Kier molecular flexibility index (Phi) is 5.51. The van der Waals surface area contributed by atoms with Crippen LogP contribution in [-0.2, 0) is 16.0 Å². The number of likely N-dealkylation sites (tertiary alicyclic amines) is 1. The molecule has 0 saturated carbocycles. The summed E-state index contributed by atoms with van der Waals surface area (Å²) in [6.07, 6.45) is 2.03. The molecular formula is C20H23FN4O3S. The first kappa shape index (κ1) is 19.8. The summed E-state index contributed by atoms with van der Waals surface area (Å²) in [5.74, 6) is 0.123. The summed E-state index contributed by atoms with van der Waals surface area (Å²) >= 11 is 1.38. The SMILES string of the molecule is CCc1nc2sc([C@H](c3ccc(F)cc3)N3CCC(C(=O)OC)CC3)c(O)n2n1. The number of aryl methyl sites for hydroxylation is 1. The minimum absolute atomic E-state index is 0.0571. The second kappa shape index (κ2) is 8.08. The number of hydrogen-bond donors (Lipinski definition) is 1. The van der Waals surface area contributed by atoms with E-state index in [1.165, 1.54) is 35.1 Å². The molecule has 9 heteroatoms. The van der Waals surface area contributed by atoms with E-state index in [0.717, 1.165) is 5.56 Å². The summed E-state index contributed by atoms with van der Waals surface area (Å²) < 4.78 is 19.9. The molecule has 0 radical (unpaired) electrons. The molecular weight excluding hydrogens is 395 g/mol. The largest absolute Gasteiger partial charge is 0.492 e. The monoisotopic (exact) mass is 418 g/mol. The average molecular weight is 418 g/mol. The zero-order chi connectivity index (χ0) is 20.5. The molecule has 1 saturated heterocycles. The highest BCUT2D eigenvalue weighted by Crippen LogP contribution is 2.41. The molecule has 1 N–H and O–H groups in total. The van der Waals surface area contributed by atoms with E-state index in [2.05, 4.69) is 15.0 Å². The van der Waals surface area contributed by atoms with E-state index in [4.69, 9.17) is 4.74 Å². The van der Waals surface area contributed by atoms with Crippen molar-refractivity contribution in [1.82, 2.24) is 19.5 Å². The van der Waals surface area contributed by atoms with Crippen molar-refractivity contribution in [3.63, 3.8) is 0 Å². The van der Waals surface area contributed by atoms with Crippen LogP contribution in [0.3, 0.4) is 0 Å². The lowest BCUT2D eigenvalue weighted by atomic mass is 9.93. The molecule has 0 bridgehead atoms. The second-order valence-corrected chi connectivity index (χ2v) is 8.16. The van der Waals surface area contributed by atoms with Crippen LogP contribution in [0.1, 0.15) is 42.1 Å². The van der Waals surface area contributed by atoms with Crippen LogP contribution in [-0.4, -0.2) is 50.8 Å². The number of thiazole rings is 1. The average Bonchev–Trinajstić information content (AvgIpc) is 3.29. The van der Waals surface area contributed by atoms with Crippen LogP contribution in [0.2, 0.25) is 0 Å². The fraction of sp³-hybridized carbons (Fsp3) is 0.450. The van der Waals surface area contributed by atoms with Gasteiger partial charge in [0.15, 0.2) is 5.82 Å². The molecule has 1 fully saturated rings. The Hall–Kier alpha value is -2.52. The van der Waals surface area contributed by atoms with Gasteiger partial charge < -0.3 is 9.84 Å². The first-order valence-corrected chi connectivity index (χ1v) is 10.5. The second-order valence-electron chi connectivity index (χ2n) is 7.15. The van der Waals surface area contributed by atoms with Crippen molar-refractivity contribution in [3.8, 4) is 5.88 Å². The molecule has 0 spiro atoms. The lowest BCUT2D eigenvalue weighted by molar-refractivity contribution is -0.147. The molecule has 4 rings (SSSR count). The number of hydrogen-bond acceptors (Lipinski definition) is 7. The Bertz CT molecular complexity index is 1010. The number of piperidine rings is 1. The normalized spacial score (nSPS) is 16.9. The summed E-state index contributed by atoms with van der Waals surface area (Å²) in [5, 5.41) is 15.2. The number of benzene rings is 1. The van der Waals surface area contributed by atoms with Gasteiger partial charge in [-0.3, -0.25) is 9.69 Å². The van der Waals surface area contributed by atoms with Gasteiger partial charge in [0.1, 0.15) is 5.82 Å². The fourth-order valence-corrected chi connectivity index (χ4v) is 4.99. The molecule has 1 atom stereocenters. The smallest absolute Gasteiger partial charge is 0.308 e. The molecule has 154 valence electrons. The van der Waals surface area contributed by atoms with E-state index in [-0.39, 0.29) is 29.6 Å². The Morgan fingerprint density at radius 3 is 2.62 bits per heavy atom. The number of nitrogens with zero attached hydrogens (tertiary/aromatic N) is 4. The van der Waals surface area contributed by atoms with Gasteiger partial charge in [-0.25, -0.2) is 9.37 Å². The van der Waals surface area contributed by atoms with Crippen molar-refractivity contribution in [2.75, 3.05) is 20.2 Å². The third-order valence-electron chi connectivity index (χ3n) is 5.42. The zero-order valence-corrected chi connectivity index (χ0v) is 17.2. The van der Waals surface area contributed by atoms with Gasteiger partial charge in [-0.15, -0.1) is 5.10 Å². The number of fused-ring (bicyclic) bond motifs is 1. The van der Waals surface area contributed by atoms with Crippen molar-refractivity contribution >= 4 is 22.3 Å². The molecule has 3 aromatic rings. The van der Waals surface area contributed by atoms with Crippen molar-refractivity contribution in [1.29, 1.82) is 0 Å². The Morgan fingerprint density at radius 2 is 2.03 bits per heavy atom. The van der Waals surface area contributed by atoms with Gasteiger partial charge >= 0.3 is 5.97 Å². The van der Waals surface area contributed by atoms with Gasteiger partial charge in [-0.2, -0.15) is 4.52 Å². The maximum Gasteiger partial charge on any atom is 0.308 e. The third-order valence-corrected chi connectivity index (χ3v) is 6.50. The van der Waals surface area contributed by atoms with Crippen LogP contribution in [0.25, 0.3) is 4.96 Å². The molecule has 0 amide bonds. The number of rotatable bonds is 5. The van der Waals surface area contributed by atoms with Gasteiger partial charge in [-0.1, -0.05) is 30.4 Å². The Balaban J connectivity index is 1.70. The maximum atomic E-state index is 13.5. The number of methoxy groups -OCH3 is 1. The van der Waals surface area contributed by atoms with Gasteiger partial charge in [0.25, 0.3) is 0 Å². The topological polar surface area (TPSA) is 80.0 Å². The predicted octanol–water partition coefficient (Wildman–Crippen LogP) is 3.17. The summed E-state index contributed by atoms with van der Waals surface area (Å²) in [6, 6.07) is 6.05. The number of aromatic nitrogens is 3. The number of ether oxygens (including phenoxy) is 1. The van der Waals surface area contributed by atoms with E-state index < -0.39 is 0 Å². The number of carbonyl (C=O) groups is 1. The van der Waals surface area contributed by atoms with Crippen LogP contribution < -0.4 is 0 Å². The fourth-order valence-electron chi connectivity index (χ4n) is 3.85. The third kappa shape index (κ3) is 3.72. The molecule has 0 unspecified atom stereocenters. The van der Waals surface area contributed by atoms with Crippen molar-refractivity contribution < 1.29 is 19.0 Å². The highest BCUT2D eigenvalue weighted by atomic mass is 32.1. The lowest BCUT2D eigenvalue weighted by Gasteiger charge is -2.36. The number of carbonyl (C=O) groups excluding carboxylic acids is 1. The molecule has 1 aliphatic heterocycles. The van der Waals surface area contributed by atoms with E-state index >= 15 is 0 Å². The minimum Gasteiger partial charge on any atom is -0.492 e. The molecule has 1 aliphatic rings. The van der Waals surface area contributed by atoms with E-state index in [1.807, 2.05) is 6.92 Å². The zero-order valence-electron chi connectivity index (χ0n) is 16.3. The van der Waals surface area contributed by atoms with E-state index in [0.29, 0.717) is 48.0 Å². The quantitative estimate of drug-likeness (QED) is 0.641. The van der Waals surface area contributed by atoms with Crippen LogP contribution in [0, 0.1) is 11.7 Å². The summed E-state index contributed by atoms with van der Waals surface area (Å²) in [6.45, 7) is 3.29. The molecule has 7 nitrogen and oxygen atoms in total. The van der Waals surface area contributed by atoms with Gasteiger partial charge in [-0.05, 0) is 43.6 Å². The Morgan fingerprint density at radius 1 is 1.34 bits per heavy atom. The molecule has 1 aromatic carbocycles. The summed E-state index contributed by atoms with van der Waals surface area (Å²) in [7, 11) is 1.41. The standard InChI is InChI=1S/C20H23FN4O3S/c1-3-15-22-20-25(23-15)18(26)17(29-20)16(12-4-6-14(21)7-5-12)24-10-8-13(9-11-24)19(27)28-2/h4-7,13,16,26H,3,8-11H2,1-2H3/t16-/m0/s1. The first-order chi connectivity index (χ1) is 14.0. The minimum atomic E-state index is -0.309. The number of halogens is 1. The van der Waals surface area contributed by atoms with E-state index in [9.17, 15) is 14.3 Å². The van der Waals surface area contributed by atoms with Gasteiger partial charge in [0.2, 0.25) is 10.8 Å². The summed E-state index contributed by atoms with van der Waals surface area (Å²) in [4.78, 5) is 19.9. The van der Waals surface area contributed by atoms with Crippen molar-refractivity contribution in [2.45, 2.75) is 32.2 Å². The first-order valence-electron chi connectivity index (χ1n) is 9.66. The highest BCUT2D eigenvalue weighted by molar-refractivity contribution is 7.17. The van der Waals surface area contributed by atoms with Crippen LogP contribution in [0.15, 0.2) is 24.3 Å². The van der Waals surface area contributed by atoms with E-state index in [1.54, 1.807) is 12.1 Å². The number of aromatic hydroxyl groups is 1. The summed E-state index contributed by atoms with van der Waals surface area (Å²) in [5.41, 5.74) is 0.874. The van der Waals surface area contributed by atoms with Crippen LogP contribution in [0.5, 0.6) is 5.88 Å². The van der Waals surface area contributed by atoms with Crippen molar-refractivity contribution in [2.24, 2.45) is 5.92 Å². The van der Waals surface area contributed by atoms with Crippen LogP contribution in [0.4, 0.5) is 4.39 Å².